The maximum atomic E-state index is 11.6. The van der Waals surface area contributed by atoms with Crippen molar-refractivity contribution in [1.29, 1.82) is 0 Å². The van der Waals surface area contributed by atoms with E-state index in [1.54, 1.807) is 38.1 Å². The third-order valence-electron chi connectivity index (χ3n) is 2.97. The van der Waals surface area contributed by atoms with Crippen LogP contribution in [0.25, 0.3) is 0 Å². The number of nitrogens with one attached hydrogen (secondary N) is 1. The van der Waals surface area contributed by atoms with Crippen LogP contribution in [-0.4, -0.2) is 27.5 Å². The molecule has 0 unspecified atom stereocenters. The van der Waals surface area contributed by atoms with E-state index in [0.29, 0.717) is 6.54 Å². The molecule has 0 aliphatic carbocycles. The number of benzene rings is 1. The van der Waals surface area contributed by atoms with Gasteiger partial charge in [-0.3, -0.25) is 10.1 Å². The van der Waals surface area contributed by atoms with Crippen LogP contribution in [0.1, 0.15) is 19.4 Å². The molecule has 0 radical (unpaired) electrons. The van der Waals surface area contributed by atoms with Gasteiger partial charge in [0.15, 0.2) is 0 Å². The molecule has 1 aliphatic heterocycles. The molecule has 1 fully saturated rings. The Bertz CT molecular complexity index is 465. The lowest BCUT2D eigenvalue weighted by Crippen LogP contribution is -2.43. The summed E-state index contributed by atoms with van der Waals surface area (Å²) in [6.07, 6.45) is 0. The number of aromatic hydroxyl groups is 1. The Morgan fingerprint density at radius 3 is 2.29 bits per heavy atom. The number of urea groups is 1. The summed E-state index contributed by atoms with van der Waals surface area (Å²) in [5.41, 5.74) is 0.0235. The van der Waals surface area contributed by atoms with Gasteiger partial charge in [0.2, 0.25) is 0 Å². The zero-order valence-corrected chi connectivity index (χ0v) is 9.73. The lowest BCUT2D eigenvalue weighted by atomic mass is 10.0. The summed E-state index contributed by atoms with van der Waals surface area (Å²) in [6, 6.07) is 6.17. The third-order valence-corrected chi connectivity index (χ3v) is 2.97. The zero-order valence-electron chi connectivity index (χ0n) is 9.73. The Hall–Kier alpha value is -2.04. The van der Waals surface area contributed by atoms with Crippen molar-refractivity contribution in [3.8, 4) is 5.75 Å². The standard InChI is InChI=1S/C12H14N2O3/c1-12(2)10(16)13-11(17)14(12)7-8-3-5-9(15)6-4-8/h3-6,15H,7H2,1-2H3,(H,13,16,17). The molecule has 0 saturated carbocycles. The van der Waals surface area contributed by atoms with E-state index in [0.717, 1.165) is 5.56 Å². The van der Waals surface area contributed by atoms with Gasteiger partial charge in [-0.2, -0.15) is 0 Å². The Morgan fingerprint density at radius 2 is 1.82 bits per heavy atom. The number of amides is 3. The van der Waals surface area contributed by atoms with Crippen LogP contribution in [0.2, 0.25) is 0 Å². The summed E-state index contributed by atoms with van der Waals surface area (Å²) < 4.78 is 0. The Labute approximate surface area is 99.0 Å². The van der Waals surface area contributed by atoms with Crippen molar-refractivity contribution in [2.75, 3.05) is 0 Å². The molecule has 1 aromatic rings. The van der Waals surface area contributed by atoms with Gasteiger partial charge in [-0.05, 0) is 31.5 Å². The molecule has 90 valence electrons. The van der Waals surface area contributed by atoms with Crippen molar-refractivity contribution in [3.63, 3.8) is 0 Å². The number of imide groups is 1. The average molecular weight is 234 g/mol. The quantitative estimate of drug-likeness (QED) is 0.756. The molecule has 2 N–H and O–H groups in total. The number of phenolic OH excluding ortho intramolecular Hbond substituents is 1. The van der Waals surface area contributed by atoms with E-state index in [4.69, 9.17) is 5.11 Å². The average Bonchev–Trinajstić information content (AvgIpc) is 2.44. The van der Waals surface area contributed by atoms with Gasteiger partial charge in [-0.25, -0.2) is 4.79 Å². The molecular formula is C12H14N2O3. The SMILES string of the molecule is CC1(C)C(=O)NC(=O)N1Cc1ccc(O)cc1. The monoisotopic (exact) mass is 234 g/mol. The van der Waals surface area contributed by atoms with Crippen molar-refractivity contribution in [1.82, 2.24) is 10.2 Å². The van der Waals surface area contributed by atoms with Crippen molar-refractivity contribution < 1.29 is 14.7 Å². The first-order valence-electron chi connectivity index (χ1n) is 5.32. The Balaban J connectivity index is 2.21. The summed E-state index contributed by atoms with van der Waals surface area (Å²) in [4.78, 5) is 24.6. The van der Waals surface area contributed by atoms with Gasteiger partial charge < -0.3 is 10.0 Å². The predicted molar refractivity (Wildman–Crippen MR) is 61.3 cm³/mol. The smallest absolute Gasteiger partial charge is 0.325 e. The molecule has 3 amide bonds. The first kappa shape index (κ1) is 11.4. The molecule has 2 rings (SSSR count). The molecule has 0 aromatic heterocycles. The maximum Gasteiger partial charge on any atom is 0.325 e. The fourth-order valence-electron chi connectivity index (χ4n) is 1.75. The molecule has 17 heavy (non-hydrogen) atoms. The van der Waals surface area contributed by atoms with E-state index in [1.165, 1.54) is 4.90 Å². The van der Waals surface area contributed by atoms with Gasteiger partial charge in [0.1, 0.15) is 11.3 Å². The summed E-state index contributed by atoms with van der Waals surface area (Å²) in [7, 11) is 0. The number of phenols is 1. The highest BCUT2D eigenvalue weighted by atomic mass is 16.3. The molecular weight excluding hydrogens is 220 g/mol. The molecule has 5 nitrogen and oxygen atoms in total. The van der Waals surface area contributed by atoms with E-state index >= 15 is 0 Å². The van der Waals surface area contributed by atoms with Gasteiger partial charge in [0.05, 0.1) is 0 Å². The van der Waals surface area contributed by atoms with Gasteiger partial charge in [0, 0.05) is 6.54 Å². The van der Waals surface area contributed by atoms with Gasteiger partial charge in [-0.1, -0.05) is 12.1 Å². The first-order chi connectivity index (χ1) is 7.91. The van der Waals surface area contributed by atoms with Crippen LogP contribution in [0, 0.1) is 0 Å². The van der Waals surface area contributed by atoms with Crippen molar-refractivity contribution in [2.45, 2.75) is 25.9 Å². The van der Waals surface area contributed by atoms with E-state index in [9.17, 15) is 9.59 Å². The van der Waals surface area contributed by atoms with Gasteiger partial charge in [0.25, 0.3) is 5.91 Å². The third kappa shape index (κ3) is 1.95. The number of carbonyl (C=O) groups excluding carboxylic acids is 2. The normalized spacial score (nSPS) is 18.4. The molecule has 1 aliphatic rings. The minimum Gasteiger partial charge on any atom is -0.508 e. The lowest BCUT2D eigenvalue weighted by Gasteiger charge is -2.27. The minimum absolute atomic E-state index is 0.176. The van der Waals surface area contributed by atoms with Crippen LogP contribution in [0.15, 0.2) is 24.3 Å². The van der Waals surface area contributed by atoms with Crippen LogP contribution in [0.4, 0.5) is 4.79 Å². The highest BCUT2D eigenvalue weighted by Gasteiger charge is 2.45. The number of hydrogen-bond acceptors (Lipinski definition) is 3. The van der Waals surface area contributed by atoms with Crippen molar-refractivity contribution in [3.05, 3.63) is 29.8 Å². The first-order valence-corrected chi connectivity index (χ1v) is 5.32. The molecule has 0 atom stereocenters. The van der Waals surface area contributed by atoms with Crippen LogP contribution >= 0.6 is 0 Å². The van der Waals surface area contributed by atoms with Gasteiger partial charge in [-0.15, -0.1) is 0 Å². The fourth-order valence-corrected chi connectivity index (χ4v) is 1.75. The Kier molecular flexibility index (Phi) is 2.53. The van der Waals surface area contributed by atoms with Crippen LogP contribution < -0.4 is 5.32 Å². The molecule has 1 aromatic carbocycles. The maximum absolute atomic E-state index is 11.6. The van der Waals surface area contributed by atoms with Crippen molar-refractivity contribution in [2.24, 2.45) is 0 Å². The minimum atomic E-state index is -0.838. The molecule has 0 spiro atoms. The van der Waals surface area contributed by atoms with Crippen LogP contribution in [-0.2, 0) is 11.3 Å². The highest BCUT2D eigenvalue weighted by molar-refractivity contribution is 6.06. The number of nitrogens with zero attached hydrogens (tertiary/aromatic N) is 1. The lowest BCUT2D eigenvalue weighted by molar-refractivity contribution is -0.125. The highest BCUT2D eigenvalue weighted by Crippen LogP contribution is 2.23. The summed E-state index contributed by atoms with van der Waals surface area (Å²) in [5.74, 6) is -0.115. The number of carbonyl (C=O) groups is 2. The second-order valence-corrected chi connectivity index (χ2v) is 4.57. The number of rotatable bonds is 2. The van der Waals surface area contributed by atoms with E-state index in [2.05, 4.69) is 5.32 Å². The predicted octanol–water partition coefficient (Wildman–Crippen LogP) is 1.22. The van der Waals surface area contributed by atoms with Crippen molar-refractivity contribution >= 4 is 11.9 Å². The topological polar surface area (TPSA) is 69.6 Å². The second-order valence-electron chi connectivity index (χ2n) is 4.57. The summed E-state index contributed by atoms with van der Waals surface area (Å²) in [6.45, 7) is 3.74. The van der Waals surface area contributed by atoms with Crippen LogP contribution in [0.3, 0.4) is 0 Å². The summed E-state index contributed by atoms with van der Waals surface area (Å²) >= 11 is 0. The van der Waals surface area contributed by atoms with Gasteiger partial charge >= 0.3 is 6.03 Å². The molecule has 0 bridgehead atoms. The molecule has 5 heteroatoms. The molecule has 1 heterocycles. The zero-order chi connectivity index (χ0) is 12.6. The number of hydrogen-bond donors (Lipinski definition) is 2. The fraction of sp³-hybridized carbons (Fsp3) is 0.333. The Morgan fingerprint density at radius 1 is 1.24 bits per heavy atom. The van der Waals surface area contributed by atoms with E-state index in [1.807, 2.05) is 0 Å². The largest absolute Gasteiger partial charge is 0.508 e. The summed E-state index contributed by atoms with van der Waals surface area (Å²) in [5, 5.41) is 11.5. The van der Waals surface area contributed by atoms with E-state index < -0.39 is 5.54 Å². The van der Waals surface area contributed by atoms with Crippen LogP contribution in [0.5, 0.6) is 5.75 Å². The second kappa shape index (κ2) is 3.76. The molecule has 1 saturated heterocycles. The van der Waals surface area contributed by atoms with E-state index in [-0.39, 0.29) is 17.7 Å².